The Kier molecular flexibility index (Phi) is 8.60. The number of ether oxygens (including phenoxy) is 4. The Hall–Kier alpha value is -3.19. The summed E-state index contributed by atoms with van der Waals surface area (Å²) in [6, 6.07) is 9.84. The van der Waals surface area contributed by atoms with Crippen LogP contribution in [0.1, 0.15) is 23.1 Å². The van der Waals surface area contributed by atoms with E-state index >= 15 is 0 Å². The van der Waals surface area contributed by atoms with Crippen LogP contribution in [0.2, 0.25) is 0 Å². The number of fused-ring (bicyclic) bond motifs is 1. The molecule has 0 unspecified atom stereocenters. The van der Waals surface area contributed by atoms with Crippen molar-refractivity contribution in [2.75, 3.05) is 55.1 Å². The molecule has 2 aromatic rings. The van der Waals surface area contributed by atoms with E-state index in [-0.39, 0.29) is 5.91 Å². The van der Waals surface area contributed by atoms with E-state index in [1.165, 1.54) is 5.56 Å². The van der Waals surface area contributed by atoms with Crippen LogP contribution >= 0.6 is 0 Å². The van der Waals surface area contributed by atoms with Gasteiger partial charge in [0.15, 0.2) is 23.0 Å². The van der Waals surface area contributed by atoms with Gasteiger partial charge in [0.1, 0.15) is 0 Å². The van der Waals surface area contributed by atoms with Crippen LogP contribution < -0.4 is 18.9 Å². The lowest BCUT2D eigenvalue weighted by atomic mass is 10.0. The molecule has 1 aliphatic rings. The minimum Gasteiger partial charge on any atom is -0.493 e. The third-order valence-corrected chi connectivity index (χ3v) is 5.91. The normalized spacial score (nSPS) is 13.0. The van der Waals surface area contributed by atoms with E-state index in [2.05, 4.69) is 18.0 Å². The summed E-state index contributed by atoms with van der Waals surface area (Å²) in [5.41, 5.74) is 3.13. The van der Waals surface area contributed by atoms with Crippen molar-refractivity contribution in [2.24, 2.45) is 0 Å². The number of amides is 1. The molecule has 7 heteroatoms. The number of hydrogen-bond donors (Lipinski definition) is 0. The van der Waals surface area contributed by atoms with Gasteiger partial charge in [-0.15, -0.1) is 0 Å². The molecule has 0 aromatic heterocycles. The maximum Gasteiger partial charge on any atom is 0.230 e. The smallest absolute Gasteiger partial charge is 0.230 e. The first-order valence-electron chi connectivity index (χ1n) is 11.1. The summed E-state index contributed by atoms with van der Waals surface area (Å²) < 4.78 is 21.5. The van der Waals surface area contributed by atoms with Gasteiger partial charge in [-0.1, -0.05) is 6.07 Å². The van der Waals surface area contributed by atoms with Crippen LogP contribution in [0, 0.1) is 0 Å². The van der Waals surface area contributed by atoms with Crippen molar-refractivity contribution in [3.63, 3.8) is 0 Å². The Morgan fingerprint density at radius 1 is 0.879 bits per heavy atom. The summed E-state index contributed by atoms with van der Waals surface area (Å²) in [5, 5.41) is 0. The van der Waals surface area contributed by atoms with Gasteiger partial charge in [0.05, 0.1) is 34.9 Å². The van der Waals surface area contributed by atoms with Gasteiger partial charge in [-0.2, -0.15) is 0 Å². The minimum absolute atomic E-state index is 0.0881. The van der Waals surface area contributed by atoms with Crippen molar-refractivity contribution in [3.05, 3.63) is 53.2 Å². The second kappa shape index (κ2) is 11.6. The van der Waals surface area contributed by atoms with Crippen LogP contribution in [0.15, 0.2) is 36.5 Å². The average Bonchev–Trinajstić information content (AvgIpc) is 2.99. The number of benzene rings is 2. The zero-order valence-corrected chi connectivity index (χ0v) is 20.2. The van der Waals surface area contributed by atoms with Gasteiger partial charge in [-0.3, -0.25) is 4.79 Å². The fourth-order valence-electron chi connectivity index (χ4n) is 3.94. The number of rotatable bonds is 11. The Bertz CT molecular complexity index is 989. The standard InChI is InChI=1S/C26H34N2O5/c1-27(13-9-19-7-8-22(30-2)23(15-19)31-3)11-6-12-28-14-10-20-16-24(32-4)25(33-5)17-21(20)18-26(28)29/h7-8,10,14-17H,6,9,11-13,18H2,1-5H3. The third kappa shape index (κ3) is 6.20. The van der Waals surface area contributed by atoms with E-state index < -0.39 is 0 Å². The third-order valence-electron chi connectivity index (χ3n) is 5.91. The van der Waals surface area contributed by atoms with Crippen molar-refractivity contribution < 1.29 is 23.7 Å². The molecule has 7 nitrogen and oxygen atoms in total. The number of likely N-dealkylation sites (N-methyl/N-ethyl adjacent to an activating group) is 1. The molecule has 0 radical (unpaired) electrons. The molecular weight excluding hydrogens is 420 g/mol. The number of carbonyl (C=O) groups is 1. The van der Waals surface area contributed by atoms with E-state index in [0.29, 0.717) is 24.5 Å². The van der Waals surface area contributed by atoms with Crippen molar-refractivity contribution in [3.8, 4) is 23.0 Å². The molecule has 0 spiro atoms. The second-order valence-corrected chi connectivity index (χ2v) is 8.08. The highest BCUT2D eigenvalue weighted by molar-refractivity contribution is 5.84. The zero-order chi connectivity index (χ0) is 23.8. The predicted octanol–water partition coefficient (Wildman–Crippen LogP) is 3.64. The zero-order valence-electron chi connectivity index (χ0n) is 20.2. The Morgan fingerprint density at radius 2 is 1.55 bits per heavy atom. The molecule has 0 N–H and O–H groups in total. The van der Waals surface area contributed by atoms with Crippen molar-refractivity contribution >= 4 is 12.0 Å². The first kappa shape index (κ1) is 24.5. The number of carbonyl (C=O) groups excluding carboxylic acids is 1. The Morgan fingerprint density at radius 3 is 2.24 bits per heavy atom. The van der Waals surface area contributed by atoms with Gasteiger partial charge in [-0.25, -0.2) is 0 Å². The number of nitrogens with zero attached hydrogens (tertiary/aromatic N) is 2. The van der Waals surface area contributed by atoms with E-state index in [1.54, 1.807) is 33.3 Å². The van der Waals surface area contributed by atoms with E-state index in [9.17, 15) is 4.79 Å². The Balaban J connectivity index is 1.50. The molecule has 178 valence electrons. The molecule has 3 rings (SSSR count). The molecule has 1 amide bonds. The summed E-state index contributed by atoms with van der Waals surface area (Å²) in [6.07, 6.45) is 6.00. The summed E-state index contributed by atoms with van der Waals surface area (Å²) >= 11 is 0. The lowest BCUT2D eigenvalue weighted by Gasteiger charge is -2.21. The molecule has 1 aliphatic heterocycles. The van der Waals surface area contributed by atoms with Gasteiger partial charge >= 0.3 is 0 Å². The molecule has 0 aliphatic carbocycles. The highest BCUT2D eigenvalue weighted by Gasteiger charge is 2.19. The lowest BCUT2D eigenvalue weighted by Crippen LogP contribution is -2.30. The van der Waals surface area contributed by atoms with Gasteiger partial charge in [0.2, 0.25) is 5.91 Å². The second-order valence-electron chi connectivity index (χ2n) is 8.08. The van der Waals surface area contributed by atoms with Gasteiger partial charge in [-0.05, 0) is 73.5 Å². The molecule has 0 saturated heterocycles. The molecule has 2 aromatic carbocycles. The van der Waals surface area contributed by atoms with Crippen LogP contribution in [0.5, 0.6) is 23.0 Å². The maximum atomic E-state index is 12.8. The average molecular weight is 455 g/mol. The van der Waals surface area contributed by atoms with Crippen LogP contribution in [0.25, 0.3) is 6.08 Å². The molecule has 0 atom stereocenters. The molecule has 33 heavy (non-hydrogen) atoms. The number of hydrogen-bond acceptors (Lipinski definition) is 6. The monoisotopic (exact) mass is 454 g/mol. The number of methoxy groups -OCH3 is 4. The fraction of sp³-hybridized carbons (Fsp3) is 0.423. The van der Waals surface area contributed by atoms with Gasteiger partial charge in [0.25, 0.3) is 0 Å². The lowest BCUT2D eigenvalue weighted by molar-refractivity contribution is -0.127. The highest BCUT2D eigenvalue weighted by Crippen LogP contribution is 2.33. The first-order valence-corrected chi connectivity index (χ1v) is 11.1. The molecule has 0 bridgehead atoms. The van der Waals surface area contributed by atoms with Crippen LogP contribution in [0.3, 0.4) is 0 Å². The van der Waals surface area contributed by atoms with Crippen molar-refractivity contribution in [2.45, 2.75) is 19.3 Å². The summed E-state index contributed by atoms with van der Waals surface area (Å²) in [7, 11) is 8.62. The topological polar surface area (TPSA) is 60.5 Å². The van der Waals surface area contributed by atoms with Crippen LogP contribution in [-0.4, -0.2) is 70.8 Å². The summed E-state index contributed by atoms with van der Waals surface area (Å²) in [4.78, 5) is 16.9. The van der Waals surface area contributed by atoms with E-state index in [4.69, 9.17) is 18.9 Å². The molecule has 1 heterocycles. The highest BCUT2D eigenvalue weighted by atomic mass is 16.5. The summed E-state index contributed by atoms with van der Waals surface area (Å²) in [6.45, 7) is 2.50. The van der Waals surface area contributed by atoms with Crippen molar-refractivity contribution in [1.29, 1.82) is 0 Å². The quantitative estimate of drug-likeness (QED) is 0.517. The molecule has 0 saturated carbocycles. The van der Waals surface area contributed by atoms with E-state index in [0.717, 1.165) is 48.6 Å². The minimum atomic E-state index is 0.0881. The SMILES string of the molecule is COc1ccc(CCN(C)CCCN2C=Cc3cc(OC)c(OC)cc3CC2=O)cc1OC. The largest absolute Gasteiger partial charge is 0.493 e. The van der Waals surface area contributed by atoms with Crippen LogP contribution in [0.4, 0.5) is 0 Å². The van der Waals surface area contributed by atoms with Gasteiger partial charge in [0, 0.05) is 19.3 Å². The fourth-order valence-corrected chi connectivity index (χ4v) is 3.94. The Labute approximate surface area is 196 Å². The predicted molar refractivity (Wildman–Crippen MR) is 129 cm³/mol. The summed E-state index contributed by atoms with van der Waals surface area (Å²) in [5.74, 6) is 2.88. The van der Waals surface area contributed by atoms with Gasteiger partial charge < -0.3 is 28.7 Å². The van der Waals surface area contributed by atoms with E-state index in [1.807, 2.05) is 36.5 Å². The molecule has 0 fully saturated rings. The van der Waals surface area contributed by atoms with Crippen LogP contribution in [-0.2, 0) is 17.6 Å². The molecular formula is C26H34N2O5. The first-order chi connectivity index (χ1) is 16.0. The van der Waals surface area contributed by atoms with Crippen molar-refractivity contribution in [1.82, 2.24) is 9.80 Å². The maximum absolute atomic E-state index is 12.8.